The van der Waals surface area contributed by atoms with Gasteiger partial charge in [-0.3, -0.25) is 19.9 Å². The van der Waals surface area contributed by atoms with Gasteiger partial charge in [-0.05, 0) is 29.3 Å². The van der Waals surface area contributed by atoms with Gasteiger partial charge in [0.1, 0.15) is 18.4 Å². The number of nitriles is 1. The average Bonchev–Trinajstić information content (AvgIpc) is 3.41. The van der Waals surface area contributed by atoms with E-state index in [-0.39, 0.29) is 25.6 Å². The number of fused-ring (bicyclic) bond motifs is 1. The Labute approximate surface area is 251 Å². The van der Waals surface area contributed by atoms with Crippen molar-refractivity contribution in [3.8, 4) is 11.8 Å². The summed E-state index contributed by atoms with van der Waals surface area (Å²) in [5.74, 6) is -2.56. The highest BCUT2D eigenvalue weighted by Crippen LogP contribution is 2.41. The first-order valence-electron chi connectivity index (χ1n) is 14.1. The summed E-state index contributed by atoms with van der Waals surface area (Å²) in [6.45, 7) is 2.15. The molecule has 14 heteroatoms. The highest BCUT2D eigenvalue weighted by Gasteiger charge is 2.55. The van der Waals surface area contributed by atoms with Crippen LogP contribution in [-0.4, -0.2) is 83.1 Å². The highest BCUT2D eigenvalue weighted by atomic mass is 19.4. The predicted octanol–water partition coefficient (Wildman–Crippen LogP) is 2.43. The van der Waals surface area contributed by atoms with Gasteiger partial charge in [-0.25, -0.2) is 15.4 Å². The maximum atomic E-state index is 14.0. The average molecular weight is 607 g/mol. The van der Waals surface area contributed by atoms with Gasteiger partial charge in [0.05, 0.1) is 24.0 Å². The predicted molar refractivity (Wildman–Crippen MR) is 151 cm³/mol. The van der Waals surface area contributed by atoms with Gasteiger partial charge in [0.15, 0.2) is 5.92 Å². The Kier molecular flexibility index (Phi) is 8.07. The third-order valence-electron chi connectivity index (χ3n) is 8.24. The molecule has 11 nitrogen and oxygen atoms in total. The largest absolute Gasteiger partial charge is 0.492 e. The van der Waals surface area contributed by atoms with Gasteiger partial charge in [-0.1, -0.05) is 30.3 Å². The number of carbonyl (C=O) groups is 2. The molecule has 0 spiro atoms. The topological polar surface area (TPSA) is 127 Å². The molecular formula is C30H29F3N8O3. The lowest BCUT2D eigenvalue weighted by Gasteiger charge is -2.40. The minimum atomic E-state index is -4.72. The Balaban J connectivity index is 1.13. The van der Waals surface area contributed by atoms with E-state index in [0.717, 1.165) is 11.1 Å². The van der Waals surface area contributed by atoms with E-state index in [1.165, 1.54) is 12.4 Å². The lowest BCUT2D eigenvalue weighted by molar-refractivity contribution is -0.202. The Morgan fingerprint density at radius 2 is 1.82 bits per heavy atom. The standard InChI is InChI=1S/C30H29F3N8O3/c31-30(32,33)26-24(16-37-38-27(26)42)41-17-21-4-1-2-7-23(21)25(41)18-44-22-6-3-5-20(12-22)28(43)39-8-10-40(11-9-39)29-35-14-19(13-34)15-36-29/h1-7,12,14-15,24-26,37H,8-11,16-18H2,(H,38,42)/t24?,25-,26?/m1/s1. The number of hydrogen-bond donors (Lipinski definition) is 2. The van der Waals surface area contributed by atoms with Crippen LogP contribution >= 0.6 is 0 Å². The molecule has 228 valence electrons. The van der Waals surface area contributed by atoms with Gasteiger partial charge in [-0.2, -0.15) is 18.4 Å². The zero-order chi connectivity index (χ0) is 30.8. The molecule has 4 heterocycles. The van der Waals surface area contributed by atoms with Gasteiger partial charge >= 0.3 is 6.18 Å². The van der Waals surface area contributed by atoms with Crippen LogP contribution in [0.2, 0.25) is 0 Å². The normalized spacial score (nSPS) is 22.2. The van der Waals surface area contributed by atoms with Crippen LogP contribution in [0, 0.1) is 17.2 Å². The van der Waals surface area contributed by atoms with Crippen molar-refractivity contribution in [2.24, 2.45) is 5.92 Å². The van der Waals surface area contributed by atoms with Crippen molar-refractivity contribution in [2.75, 3.05) is 44.2 Å². The molecule has 2 unspecified atom stereocenters. The molecule has 0 radical (unpaired) electrons. The van der Waals surface area contributed by atoms with Gasteiger partial charge in [0.2, 0.25) is 11.9 Å². The molecule has 3 aromatic rings. The fourth-order valence-corrected chi connectivity index (χ4v) is 6.04. The lowest BCUT2D eigenvalue weighted by Crippen LogP contribution is -2.64. The van der Waals surface area contributed by atoms with Crippen molar-refractivity contribution in [1.29, 1.82) is 5.26 Å². The van der Waals surface area contributed by atoms with Crippen LogP contribution in [0.25, 0.3) is 0 Å². The molecule has 0 aliphatic carbocycles. The number of ether oxygens (including phenoxy) is 1. The number of anilines is 1. The highest BCUT2D eigenvalue weighted by molar-refractivity contribution is 5.94. The maximum absolute atomic E-state index is 14.0. The van der Waals surface area contributed by atoms with Crippen LogP contribution in [0.5, 0.6) is 5.75 Å². The monoisotopic (exact) mass is 606 g/mol. The minimum absolute atomic E-state index is 0.0284. The summed E-state index contributed by atoms with van der Waals surface area (Å²) in [5.41, 5.74) is 7.25. The third-order valence-corrected chi connectivity index (χ3v) is 8.24. The molecule has 0 saturated carbocycles. The number of hydrogen-bond acceptors (Lipinski definition) is 9. The van der Waals surface area contributed by atoms with Crippen LogP contribution in [0.3, 0.4) is 0 Å². The molecule has 3 aliphatic heterocycles. The minimum Gasteiger partial charge on any atom is -0.492 e. The molecule has 6 rings (SSSR count). The van der Waals surface area contributed by atoms with E-state index in [1.54, 1.807) is 34.1 Å². The molecule has 2 fully saturated rings. The molecule has 44 heavy (non-hydrogen) atoms. The van der Waals surface area contributed by atoms with Gasteiger partial charge in [-0.15, -0.1) is 0 Å². The van der Waals surface area contributed by atoms with Crippen molar-refractivity contribution in [3.63, 3.8) is 0 Å². The number of nitrogens with one attached hydrogen (secondary N) is 2. The second-order valence-corrected chi connectivity index (χ2v) is 10.8. The zero-order valence-electron chi connectivity index (χ0n) is 23.5. The SMILES string of the molecule is N#Cc1cnc(N2CCN(C(=O)c3cccc(OC[C@@H]4c5ccccc5CN4C4CNNC(=O)C4C(F)(F)F)c3)CC2)nc1. The van der Waals surface area contributed by atoms with E-state index < -0.39 is 30.1 Å². The number of nitrogens with zero attached hydrogens (tertiary/aromatic N) is 6. The summed E-state index contributed by atoms with van der Waals surface area (Å²) >= 11 is 0. The van der Waals surface area contributed by atoms with Gasteiger partial charge in [0, 0.05) is 50.9 Å². The summed E-state index contributed by atoms with van der Waals surface area (Å²) < 4.78 is 48.2. The molecule has 2 amide bonds. The molecule has 3 atom stereocenters. The lowest BCUT2D eigenvalue weighted by atomic mass is 9.94. The van der Waals surface area contributed by atoms with E-state index >= 15 is 0 Å². The Morgan fingerprint density at radius 1 is 1.07 bits per heavy atom. The number of rotatable bonds is 6. The molecule has 2 saturated heterocycles. The first kappa shape index (κ1) is 29.3. The summed E-state index contributed by atoms with van der Waals surface area (Å²) in [7, 11) is 0. The quantitative estimate of drug-likeness (QED) is 0.435. The Hall–Kier alpha value is -4.74. The third kappa shape index (κ3) is 5.88. The van der Waals surface area contributed by atoms with E-state index in [9.17, 15) is 22.8 Å². The second kappa shape index (κ2) is 12.1. The number of piperazine rings is 1. The fraction of sp³-hybridized carbons (Fsp3) is 0.367. The van der Waals surface area contributed by atoms with Crippen LogP contribution < -0.4 is 20.5 Å². The first-order chi connectivity index (χ1) is 21.2. The number of halogens is 3. The van der Waals surface area contributed by atoms with Crippen molar-refractivity contribution >= 4 is 17.8 Å². The van der Waals surface area contributed by atoms with E-state index in [0.29, 0.717) is 49.0 Å². The Morgan fingerprint density at radius 3 is 2.55 bits per heavy atom. The van der Waals surface area contributed by atoms with E-state index in [1.807, 2.05) is 35.2 Å². The van der Waals surface area contributed by atoms with Crippen molar-refractivity contribution in [1.82, 2.24) is 30.6 Å². The van der Waals surface area contributed by atoms with Crippen LogP contribution in [0.15, 0.2) is 60.9 Å². The van der Waals surface area contributed by atoms with Gasteiger partial charge in [0.25, 0.3) is 5.91 Å². The van der Waals surface area contributed by atoms with Crippen LogP contribution in [0.4, 0.5) is 19.1 Å². The smallest absolute Gasteiger partial charge is 0.402 e. The number of alkyl halides is 3. The second-order valence-electron chi connectivity index (χ2n) is 10.8. The molecule has 3 aliphatic rings. The molecule has 1 aromatic heterocycles. The number of benzene rings is 2. The summed E-state index contributed by atoms with van der Waals surface area (Å²) in [6.07, 6.45) is -1.79. The summed E-state index contributed by atoms with van der Waals surface area (Å²) in [5, 5.41) is 8.95. The molecule has 2 N–H and O–H groups in total. The van der Waals surface area contributed by atoms with Crippen molar-refractivity contribution < 1.29 is 27.5 Å². The number of hydrazine groups is 1. The molecule has 2 aromatic carbocycles. The van der Waals surface area contributed by atoms with Crippen LogP contribution in [-0.2, 0) is 11.3 Å². The number of aromatic nitrogens is 2. The van der Waals surface area contributed by atoms with Gasteiger partial charge < -0.3 is 14.5 Å². The number of amides is 2. The molecule has 0 bridgehead atoms. The summed E-state index contributed by atoms with van der Waals surface area (Å²) in [6, 6.07) is 14.5. The fourth-order valence-electron chi connectivity index (χ4n) is 6.04. The summed E-state index contributed by atoms with van der Waals surface area (Å²) in [4.78, 5) is 39.5. The van der Waals surface area contributed by atoms with E-state index in [4.69, 9.17) is 10.00 Å². The molecular weight excluding hydrogens is 577 g/mol. The van der Waals surface area contributed by atoms with Crippen molar-refractivity contribution in [3.05, 3.63) is 83.2 Å². The zero-order valence-corrected chi connectivity index (χ0v) is 23.5. The Bertz CT molecular complexity index is 1570. The first-order valence-corrected chi connectivity index (χ1v) is 14.1. The van der Waals surface area contributed by atoms with E-state index in [2.05, 4.69) is 20.8 Å². The van der Waals surface area contributed by atoms with Crippen LogP contribution in [0.1, 0.15) is 33.1 Å². The maximum Gasteiger partial charge on any atom is 0.402 e. The number of carbonyl (C=O) groups excluding carboxylic acids is 2. The van der Waals surface area contributed by atoms with Crippen molar-refractivity contribution in [2.45, 2.75) is 24.8 Å².